The van der Waals surface area contributed by atoms with Gasteiger partial charge < -0.3 is 10.6 Å². The van der Waals surface area contributed by atoms with Crippen molar-refractivity contribution in [1.29, 1.82) is 0 Å². The lowest BCUT2D eigenvalue weighted by atomic mass is 10.1. The molecule has 1 heterocycles. The number of aromatic nitrogens is 2. The van der Waals surface area contributed by atoms with E-state index >= 15 is 0 Å². The lowest BCUT2D eigenvalue weighted by Gasteiger charge is -2.21. The molecule has 0 saturated heterocycles. The summed E-state index contributed by atoms with van der Waals surface area (Å²) in [5, 5.41) is 0. The van der Waals surface area contributed by atoms with Crippen molar-refractivity contribution in [2.75, 3.05) is 18.5 Å². The molecule has 16 heavy (non-hydrogen) atoms. The van der Waals surface area contributed by atoms with Crippen LogP contribution in [0.2, 0.25) is 0 Å². The van der Waals surface area contributed by atoms with Crippen molar-refractivity contribution < 1.29 is 0 Å². The first kappa shape index (κ1) is 11.3. The summed E-state index contributed by atoms with van der Waals surface area (Å²) in [5.74, 6) is 1.62. The summed E-state index contributed by atoms with van der Waals surface area (Å²) in [6, 6.07) is 1.87. The Balaban J connectivity index is 1.98. The van der Waals surface area contributed by atoms with E-state index in [1.54, 1.807) is 6.20 Å². The second-order valence-electron chi connectivity index (χ2n) is 4.58. The van der Waals surface area contributed by atoms with Crippen LogP contribution in [0.1, 0.15) is 31.4 Å². The molecular formula is C12H20N4. The van der Waals surface area contributed by atoms with Gasteiger partial charge in [0, 0.05) is 26.3 Å². The van der Waals surface area contributed by atoms with E-state index < -0.39 is 0 Å². The molecule has 0 radical (unpaired) electrons. The minimum atomic E-state index is 0.479. The number of rotatable bonds is 4. The van der Waals surface area contributed by atoms with Crippen LogP contribution in [-0.2, 0) is 6.54 Å². The average Bonchev–Trinajstić information content (AvgIpc) is 2.82. The fourth-order valence-corrected chi connectivity index (χ4v) is 2.34. The number of nitrogens with two attached hydrogens (primary N) is 1. The molecule has 0 amide bonds. The Bertz CT molecular complexity index is 334. The Morgan fingerprint density at radius 2 is 2.19 bits per heavy atom. The van der Waals surface area contributed by atoms with Gasteiger partial charge in [0.25, 0.3) is 0 Å². The molecule has 4 heteroatoms. The van der Waals surface area contributed by atoms with Crippen molar-refractivity contribution in [3.63, 3.8) is 0 Å². The largest absolute Gasteiger partial charge is 0.344 e. The van der Waals surface area contributed by atoms with Gasteiger partial charge in [-0.2, -0.15) is 0 Å². The summed E-state index contributed by atoms with van der Waals surface area (Å²) < 4.78 is 0. The van der Waals surface area contributed by atoms with E-state index in [0.717, 1.165) is 24.1 Å². The molecule has 0 aliphatic heterocycles. The topological polar surface area (TPSA) is 55.0 Å². The number of nitrogens with zero attached hydrogens (tertiary/aromatic N) is 3. The fraction of sp³-hybridized carbons (Fsp3) is 0.667. The monoisotopic (exact) mass is 220 g/mol. The van der Waals surface area contributed by atoms with Crippen LogP contribution in [0.15, 0.2) is 12.3 Å². The van der Waals surface area contributed by atoms with Crippen LogP contribution in [0.25, 0.3) is 0 Å². The molecule has 1 saturated carbocycles. The van der Waals surface area contributed by atoms with Gasteiger partial charge in [-0.1, -0.05) is 12.8 Å². The Labute approximate surface area is 96.9 Å². The third kappa shape index (κ3) is 2.70. The zero-order valence-corrected chi connectivity index (χ0v) is 9.89. The minimum absolute atomic E-state index is 0.479. The second-order valence-corrected chi connectivity index (χ2v) is 4.58. The summed E-state index contributed by atoms with van der Waals surface area (Å²) in [6.45, 7) is 1.54. The maximum absolute atomic E-state index is 5.57. The highest BCUT2D eigenvalue weighted by Crippen LogP contribution is 2.25. The van der Waals surface area contributed by atoms with Gasteiger partial charge in [0.1, 0.15) is 0 Å². The highest BCUT2D eigenvalue weighted by Gasteiger charge is 2.17. The van der Waals surface area contributed by atoms with Gasteiger partial charge >= 0.3 is 0 Å². The summed E-state index contributed by atoms with van der Waals surface area (Å²) in [7, 11) is 2.06. The van der Waals surface area contributed by atoms with Crippen LogP contribution in [0.3, 0.4) is 0 Å². The molecular weight excluding hydrogens is 200 g/mol. The SMILES string of the molecule is CN(CC1CCCC1)c1nccc(CN)n1. The Morgan fingerprint density at radius 3 is 2.88 bits per heavy atom. The zero-order chi connectivity index (χ0) is 11.4. The van der Waals surface area contributed by atoms with Crippen molar-refractivity contribution in [1.82, 2.24) is 9.97 Å². The predicted molar refractivity (Wildman–Crippen MR) is 65.2 cm³/mol. The first-order valence-corrected chi connectivity index (χ1v) is 6.02. The lowest BCUT2D eigenvalue weighted by Crippen LogP contribution is -2.26. The zero-order valence-electron chi connectivity index (χ0n) is 9.89. The smallest absolute Gasteiger partial charge is 0.225 e. The first-order chi connectivity index (χ1) is 7.79. The van der Waals surface area contributed by atoms with Crippen LogP contribution in [0, 0.1) is 5.92 Å². The third-order valence-electron chi connectivity index (χ3n) is 3.26. The Kier molecular flexibility index (Phi) is 3.72. The maximum Gasteiger partial charge on any atom is 0.225 e. The number of hydrogen-bond donors (Lipinski definition) is 1. The highest BCUT2D eigenvalue weighted by atomic mass is 15.2. The van der Waals surface area contributed by atoms with E-state index in [9.17, 15) is 0 Å². The quantitative estimate of drug-likeness (QED) is 0.836. The summed E-state index contributed by atoms with van der Waals surface area (Å²) >= 11 is 0. The molecule has 4 nitrogen and oxygen atoms in total. The van der Waals surface area contributed by atoms with E-state index in [2.05, 4.69) is 21.9 Å². The van der Waals surface area contributed by atoms with Gasteiger partial charge in [0.15, 0.2) is 0 Å². The van der Waals surface area contributed by atoms with Crippen LogP contribution in [0.5, 0.6) is 0 Å². The van der Waals surface area contributed by atoms with Crippen molar-refractivity contribution >= 4 is 5.95 Å². The summed E-state index contributed by atoms with van der Waals surface area (Å²) in [4.78, 5) is 10.9. The molecule has 0 aromatic carbocycles. The third-order valence-corrected chi connectivity index (χ3v) is 3.26. The van der Waals surface area contributed by atoms with Gasteiger partial charge in [-0.25, -0.2) is 9.97 Å². The predicted octanol–water partition coefficient (Wildman–Crippen LogP) is 1.56. The van der Waals surface area contributed by atoms with Gasteiger partial charge in [0.05, 0.1) is 5.69 Å². The molecule has 0 unspecified atom stereocenters. The van der Waals surface area contributed by atoms with Gasteiger partial charge in [0.2, 0.25) is 5.95 Å². The number of anilines is 1. The Morgan fingerprint density at radius 1 is 1.44 bits per heavy atom. The van der Waals surface area contributed by atoms with Gasteiger partial charge in [-0.05, 0) is 24.8 Å². The van der Waals surface area contributed by atoms with Gasteiger partial charge in [-0.3, -0.25) is 0 Å². The van der Waals surface area contributed by atoms with E-state index in [0.29, 0.717) is 6.54 Å². The lowest BCUT2D eigenvalue weighted by molar-refractivity contribution is 0.542. The van der Waals surface area contributed by atoms with E-state index in [-0.39, 0.29) is 0 Å². The standard InChI is InChI=1S/C12H20N4/c1-16(9-10-4-2-3-5-10)12-14-7-6-11(8-13)15-12/h6-7,10H,2-5,8-9,13H2,1H3. The molecule has 0 bridgehead atoms. The molecule has 1 aliphatic rings. The van der Waals surface area contributed by atoms with Crippen LogP contribution >= 0.6 is 0 Å². The minimum Gasteiger partial charge on any atom is -0.344 e. The normalized spacial score (nSPS) is 16.6. The summed E-state index contributed by atoms with van der Waals surface area (Å²) in [5.41, 5.74) is 6.48. The molecule has 2 N–H and O–H groups in total. The van der Waals surface area contributed by atoms with Crippen molar-refractivity contribution in [3.05, 3.63) is 18.0 Å². The van der Waals surface area contributed by atoms with Crippen LogP contribution < -0.4 is 10.6 Å². The van der Waals surface area contributed by atoms with E-state index in [1.165, 1.54) is 25.7 Å². The molecule has 1 aliphatic carbocycles. The fourth-order valence-electron chi connectivity index (χ4n) is 2.34. The molecule has 1 aromatic heterocycles. The van der Waals surface area contributed by atoms with Crippen LogP contribution in [0.4, 0.5) is 5.95 Å². The molecule has 0 spiro atoms. The molecule has 0 atom stereocenters. The highest BCUT2D eigenvalue weighted by molar-refractivity contribution is 5.28. The second kappa shape index (κ2) is 5.25. The van der Waals surface area contributed by atoms with Crippen molar-refractivity contribution in [2.24, 2.45) is 11.7 Å². The molecule has 2 rings (SSSR count). The van der Waals surface area contributed by atoms with E-state index in [1.807, 2.05) is 6.07 Å². The van der Waals surface area contributed by atoms with Gasteiger partial charge in [-0.15, -0.1) is 0 Å². The number of hydrogen-bond acceptors (Lipinski definition) is 4. The molecule has 1 fully saturated rings. The average molecular weight is 220 g/mol. The molecule has 88 valence electrons. The Hall–Kier alpha value is -1.16. The summed E-state index contributed by atoms with van der Waals surface area (Å²) in [6.07, 6.45) is 7.24. The first-order valence-electron chi connectivity index (χ1n) is 6.02. The van der Waals surface area contributed by atoms with Crippen molar-refractivity contribution in [2.45, 2.75) is 32.2 Å². The maximum atomic E-state index is 5.57. The van der Waals surface area contributed by atoms with Crippen LogP contribution in [-0.4, -0.2) is 23.6 Å². The molecule has 1 aromatic rings. The van der Waals surface area contributed by atoms with Crippen molar-refractivity contribution in [3.8, 4) is 0 Å². The van der Waals surface area contributed by atoms with E-state index in [4.69, 9.17) is 5.73 Å².